The third-order valence-electron chi connectivity index (χ3n) is 5.14. The summed E-state index contributed by atoms with van der Waals surface area (Å²) < 4.78 is 2.05. The highest BCUT2D eigenvalue weighted by atomic mass is 16.2. The van der Waals surface area contributed by atoms with Crippen molar-refractivity contribution >= 4 is 0 Å². The van der Waals surface area contributed by atoms with Crippen LogP contribution in [0.15, 0.2) is 6.20 Å². The van der Waals surface area contributed by atoms with E-state index in [1.165, 1.54) is 58.2 Å². The Morgan fingerprint density at radius 1 is 1.26 bits per heavy atom. The highest BCUT2D eigenvalue weighted by molar-refractivity contribution is 4.94. The standard InChI is InChI=1S/C18H34N4O/c1-3-5-7-16(4-2)14-21-11-9-18(10-12-21)22-15-17(19-20-22)8-6-13-23/h15-16,18,23H,3-14H2,1-2H3/t16-/m1/s1. The zero-order chi connectivity index (χ0) is 16.5. The fourth-order valence-corrected chi connectivity index (χ4v) is 3.52. The molecule has 0 radical (unpaired) electrons. The average Bonchev–Trinajstić information content (AvgIpc) is 3.06. The van der Waals surface area contributed by atoms with E-state index in [0.29, 0.717) is 6.04 Å². The molecule has 1 aliphatic rings. The molecule has 132 valence electrons. The quantitative estimate of drug-likeness (QED) is 0.719. The molecule has 0 aliphatic carbocycles. The van der Waals surface area contributed by atoms with Gasteiger partial charge in [0.2, 0.25) is 0 Å². The van der Waals surface area contributed by atoms with Gasteiger partial charge in [-0.05, 0) is 38.0 Å². The Morgan fingerprint density at radius 3 is 2.70 bits per heavy atom. The van der Waals surface area contributed by atoms with Gasteiger partial charge in [0.25, 0.3) is 0 Å². The highest BCUT2D eigenvalue weighted by Crippen LogP contribution is 2.24. The summed E-state index contributed by atoms with van der Waals surface area (Å²) in [5, 5.41) is 17.4. The smallest absolute Gasteiger partial charge is 0.0828 e. The summed E-state index contributed by atoms with van der Waals surface area (Å²) in [6.07, 6.45) is 11.4. The van der Waals surface area contributed by atoms with Gasteiger partial charge in [0, 0.05) is 32.4 Å². The Labute approximate surface area is 141 Å². The molecule has 0 unspecified atom stereocenters. The lowest BCUT2D eigenvalue weighted by Gasteiger charge is -2.34. The van der Waals surface area contributed by atoms with Crippen molar-refractivity contribution in [2.45, 2.75) is 71.3 Å². The van der Waals surface area contributed by atoms with Gasteiger partial charge in [-0.25, -0.2) is 4.68 Å². The maximum Gasteiger partial charge on any atom is 0.0828 e. The van der Waals surface area contributed by atoms with Gasteiger partial charge in [-0.1, -0.05) is 38.3 Å². The molecule has 1 saturated heterocycles. The predicted molar refractivity (Wildman–Crippen MR) is 93.4 cm³/mol. The molecule has 2 rings (SSSR count). The molecule has 1 atom stereocenters. The number of nitrogens with zero attached hydrogens (tertiary/aromatic N) is 4. The van der Waals surface area contributed by atoms with E-state index in [0.717, 1.165) is 24.5 Å². The van der Waals surface area contributed by atoms with Crippen molar-refractivity contribution in [3.8, 4) is 0 Å². The van der Waals surface area contributed by atoms with E-state index in [9.17, 15) is 0 Å². The van der Waals surface area contributed by atoms with Crippen molar-refractivity contribution in [2.75, 3.05) is 26.2 Å². The molecule has 1 aliphatic heterocycles. The number of piperidine rings is 1. The van der Waals surface area contributed by atoms with E-state index in [-0.39, 0.29) is 6.61 Å². The van der Waals surface area contributed by atoms with Crippen molar-refractivity contribution in [2.24, 2.45) is 5.92 Å². The second-order valence-electron chi connectivity index (χ2n) is 6.97. The van der Waals surface area contributed by atoms with Gasteiger partial charge >= 0.3 is 0 Å². The molecular weight excluding hydrogens is 288 g/mol. The number of likely N-dealkylation sites (tertiary alicyclic amines) is 1. The van der Waals surface area contributed by atoms with Crippen LogP contribution in [0.1, 0.15) is 70.5 Å². The van der Waals surface area contributed by atoms with Crippen LogP contribution in [0.5, 0.6) is 0 Å². The van der Waals surface area contributed by atoms with E-state index in [4.69, 9.17) is 5.11 Å². The highest BCUT2D eigenvalue weighted by Gasteiger charge is 2.23. The van der Waals surface area contributed by atoms with Gasteiger partial charge in [0.05, 0.1) is 11.7 Å². The van der Waals surface area contributed by atoms with Gasteiger partial charge in [0.1, 0.15) is 0 Å². The number of hydrogen-bond donors (Lipinski definition) is 1. The number of aryl methyl sites for hydroxylation is 1. The Bertz CT molecular complexity index is 426. The van der Waals surface area contributed by atoms with Crippen molar-refractivity contribution in [3.63, 3.8) is 0 Å². The van der Waals surface area contributed by atoms with Gasteiger partial charge in [-0.3, -0.25) is 0 Å². The molecular formula is C18H34N4O. The first kappa shape index (κ1) is 18.4. The first-order valence-electron chi connectivity index (χ1n) is 9.50. The fraction of sp³-hybridized carbons (Fsp3) is 0.889. The van der Waals surface area contributed by atoms with Crippen LogP contribution in [0.2, 0.25) is 0 Å². The summed E-state index contributed by atoms with van der Waals surface area (Å²) in [7, 11) is 0. The van der Waals surface area contributed by atoms with Crippen molar-refractivity contribution < 1.29 is 5.11 Å². The van der Waals surface area contributed by atoms with Crippen LogP contribution in [-0.2, 0) is 6.42 Å². The zero-order valence-electron chi connectivity index (χ0n) is 15.0. The summed E-state index contributed by atoms with van der Waals surface area (Å²) >= 11 is 0. The molecule has 0 saturated carbocycles. The third-order valence-corrected chi connectivity index (χ3v) is 5.14. The number of aliphatic hydroxyl groups excluding tert-OH is 1. The van der Waals surface area contributed by atoms with Crippen LogP contribution in [0.25, 0.3) is 0 Å². The predicted octanol–water partition coefficient (Wildman–Crippen LogP) is 3.06. The van der Waals surface area contributed by atoms with E-state index in [1.54, 1.807) is 0 Å². The molecule has 0 amide bonds. The van der Waals surface area contributed by atoms with Crippen LogP contribution in [0.4, 0.5) is 0 Å². The van der Waals surface area contributed by atoms with Gasteiger partial charge in [-0.15, -0.1) is 5.10 Å². The number of rotatable bonds is 10. The van der Waals surface area contributed by atoms with Crippen LogP contribution >= 0.6 is 0 Å². The monoisotopic (exact) mass is 322 g/mol. The first-order chi connectivity index (χ1) is 11.3. The Hall–Kier alpha value is -0.940. The largest absolute Gasteiger partial charge is 0.396 e. The Balaban J connectivity index is 1.75. The molecule has 1 aromatic rings. The molecule has 0 bridgehead atoms. The summed E-state index contributed by atoms with van der Waals surface area (Å²) in [5.41, 5.74) is 1.01. The Morgan fingerprint density at radius 2 is 2.04 bits per heavy atom. The van der Waals surface area contributed by atoms with Crippen molar-refractivity contribution in [1.29, 1.82) is 0 Å². The van der Waals surface area contributed by atoms with Crippen LogP contribution in [0.3, 0.4) is 0 Å². The second kappa shape index (κ2) is 10.0. The lowest BCUT2D eigenvalue weighted by molar-refractivity contribution is 0.151. The average molecular weight is 322 g/mol. The summed E-state index contributed by atoms with van der Waals surface area (Å²) in [6, 6.07) is 0.498. The molecule has 0 aromatic carbocycles. The van der Waals surface area contributed by atoms with E-state index < -0.39 is 0 Å². The maximum atomic E-state index is 8.90. The minimum atomic E-state index is 0.224. The molecule has 1 fully saturated rings. The van der Waals surface area contributed by atoms with Crippen LogP contribution < -0.4 is 0 Å². The number of aliphatic hydroxyl groups is 1. The molecule has 23 heavy (non-hydrogen) atoms. The fourth-order valence-electron chi connectivity index (χ4n) is 3.52. The van der Waals surface area contributed by atoms with Crippen LogP contribution in [0, 0.1) is 5.92 Å². The lowest BCUT2D eigenvalue weighted by Crippen LogP contribution is -2.37. The molecule has 2 heterocycles. The molecule has 1 aromatic heterocycles. The van der Waals surface area contributed by atoms with E-state index >= 15 is 0 Å². The second-order valence-corrected chi connectivity index (χ2v) is 6.97. The van der Waals surface area contributed by atoms with Crippen molar-refractivity contribution in [1.82, 2.24) is 19.9 Å². The summed E-state index contributed by atoms with van der Waals surface area (Å²) in [4.78, 5) is 2.64. The third kappa shape index (κ3) is 5.88. The molecule has 5 heteroatoms. The van der Waals surface area contributed by atoms with Gasteiger partial charge < -0.3 is 10.0 Å². The normalized spacial score (nSPS) is 18.4. The minimum absolute atomic E-state index is 0.224. The van der Waals surface area contributed by atoms with Crippen LogP contribution in [-0.4, -0.2) is 51.2 Å². The summed E-state index contributed by atoms with van der Waals surface area (Å²) in [5.74, 6) is 0.864. The van der Waals surface area contributed by atoms with Crippen molar-refractivity contribution in [3.05, 3.63) is 11.9 Å². The molecule has 1 N–H and O–H groups in total. The number of aromatic nitrogens is 3. The van der Waals surface area contributed by atoms with E-state index in [2.05, 4.69) is 39.9 Å². The Kier molecular flexibility index (Phi) is 8.03. The van der Waals surface area contributed by atoms with Gasteiger partial charge in [-0.2, -0.15) is 0 Å². The lowest BCUT2D eigenvalue weighted by atomic mass is 9.97. The first-order valence-corrected chi connectivity index (χ1v) is 9.50. The topological polar surface area (TPSA) is 54.2 Å². The summed E-state index contributed by atoms with van der Waals surface area (Å²) in [6.45, 7) is 8.46. The number of unbranched alkanes of at least 4 members (excludes halogenated alkanes) is 1. The minimum Gasteiger partial charge on any atom is -0.396 e. The maximum absolute atomic E-state index is 8.90. The van der Waals surface area contributed by atoms with E-state index in [1.807, 2.05) is 0 Å². The zero-order valence-corrected chi connectivity index (χ0v) is 15.0. The van der Waals surface area contributed by atoms with Gasteiger partial charge in [0.15, 0.2) is 0 Å². The molecule has 0 spiro atoms. The number of hydrogen-bond acceptors (Lipinski definition) is 4. The molecule has 5 nitrogen and oxygen atoms in total. The SMILES string of the molecule is CCCC[C@@H](CC)CN1CCC(n2cc(CCCO)nn2)CC1.